The summed E-state index contributed by atoms with van der Waals surface area (Å²) in [5.74, 6) is 3.32. The quantitative estimate of drug-likeness (QED) is 0.800. The van der Waals surface area contributed by atoms with Crippen molar-refractivity contribution in [3.63, 3.8) is 0 Å². The van der Waals surface area contributed by atoms with Crippen molar-refractivity contribution in [3.05, 3.63) is 0 Å². The van der Waals surface area contributed by atoms with Crippen LogP contribution in [0.25, 0.3) is 0 Å². The molecule has 1 unspecified atom stereocenters. The number of hydrogen-bond acceptors (Lipinski definition) is 2. The highest BCUT2D eigenvalue weighted by molar-refractivity contribution is 5.76. The average molecular weight is 262 g/mol. The minimum Gasteiger partial charge on any atom is -0.354 e. The Morgan fingerprint density at radius 1 is 1.05 bits per heavy atom. The van der Waals surface area contributed by atoms with Crippen molar-refractivity contribution < 1.29 is 4.79 Å². The first kappa shape index (κ1) is 12.2. The highest BCUT2D eigenvalue weighted by Crippen LogP contribution is 2.61. The molecule has 1 heterocycles. The highest BCUT2D eigenvalue weighted by atomic mass is 16.1. The lowest BCUT2D eigenvalue weighted by Crippen LogP contribution is -2.50. The molecule has 1 aliphatic heterocycles. The zero-order valence-corrected chi connectivity index (χ0v) is 11.8. The molecule has 0 aromatic heterocycles. The molecule has 4 bridgehead atoms. The fourth-order valence-corrected chi connectivity index (χ4v) is 5.99. The van der Waals surface area contributed by atoms with Crippen LogP contribution in [0.15, 0.2) is 0 Å². The van der Waals surface area contributed by atoms with Gasteiger partial charge in [-0.15, -0.1) is 0 Å². The molecule has 106 valence electrons. The molecule has 0 radical (unpaired) electrons. The van der Waals surface area contributed by atoms with E-state index in [4.69, 9.17) is 0 Å². The van der Waals surface area contributed by atoms with Crippen LogP contribution in [0.4, 0.5) is 0 Å². The Kier molecular flexibility index (Phi) is 2.87. The first-order chi connectivity index (χ1) is 9.21. The lowest BCUT2D eigenvalue weighted by atomic mass is 9.48. The molecule has 4 aliphatic carbocycles. The summed E-state index contributed by atoms with van der Waals surface area (Å²) >= 11 is 0. The van der Waals surface area contributed by atoms with Crippen molar-refractivity contribution in [3.8, 4) is 0 Å². The number of hydrogen-bond donors (Lipinski definition) is 2. The van der Waals surface area contributed by atoms with Crippen molar-refractivity contribution in [1.29, 1.82) is 0 Å². The zero-order valence-electron chi connectivity index (χ0n) is 11.8. The summed E-state index contributed by atoms with van der Waals surface area (Å²) in [6.45, 7) is 1.71. The molecule has 0 aromatic rings. The Labute approximate surface area is 115 Å². The van der Waals surface area contributed by atoms with E-state index in [-0.39, 0.29) is 5.91 Å². The summed E-state index contributed by atoms with van der Waals surface area (Å²) in [6.07, 6.45) is 11.0. The van der Waals surface area contributed by atoms with Crippen molar-refractivity contribution >= 4 is 5.91 Å². The molecule has 1 saturated heterocycles. The second-order valence-electron chi connectivity index (χ2n) is 7.83. The van der Waals surface area contributed by atoms with Crippen LogP contribution in [-0.4, -0.2) is 25.0 Å². The van der Waals surface area contributed by atoms with Gasteiger partial charge in [-0.3, -0.25) is 4.79 Å². The normalized spacial score (nSPS) is 48.9. The van der Waals surface area contributed by atoms with Crippen molar-refractivity contribution in [2.75, 3.05) is 13.1 Å². The smallest absolute Gasteiger partial charge is 0.221 e. The molecule has 4 saturated carbocycles. The van der Waals surface area contributed by atoms with Crippen LogP contribution >= 0.6 is 0 Å². The molecule has 0 aromatic carbocycles. The predicted molar refractivity (Wildman–Crippen MR) is 74.6 cm³/mol. The van der Waals surface area contributed by atoms with Crippen LogP contribution in [0.1, 0.15) is 51.4 Å². The van der Waals surface area contributed by atoms with Crippen LogP contribution in [0.2, 0.25) is 0 Å². The Morgan fingerprint density at radius 3 is 2.32 bits per heavy atom. The number of carbonyl (C=O) groups is 1. The molecule has 3 heteroatoms. The first-order valence-electron chi connectivity index (χ1n) is 8.21. The molecule has 0 spiro atoms. The fraction of sp³-hybridized carbons (Fsp3) is 0.938. The van der Waals surface area contributed by atoms with Gasteiger partial charge in [0, 0.05) is 25.6 Å². The van der Waals surface area contributed by atoms with Crippen LogP contribution in [0, 0.1) is 23.2 Å². The summed E-state index contributed by atoms with van der Waals surface area (Å²) < 4.78 is 0. The fourth-order valence-electron chi connectivity index (χ4n) is 5.99. The highest BCUT2D eigenvalue weighted by Gasteiger charge is 2.51. The minimum atomic E-state index is 0.223. The Balaban J connectivity index is 1.45. The van der Waals surface area contributed by atoms with E-state index in [0.29, 0.717) is 17.9 Å². The van der Waals surface area contributed by atoms with E-state index in [1.807, 2.05) is 0 Å². The molecule has 3 nitrogen and oxygen atoms in total. The van der Waals surface area contributed by atoms with Gasteiger partial charge >= 0.3 is 0 Å². The third-order valence-electron chi connectivity index (χ3n) is 6.18. The van der Waals surface area contributed by atoms with Gasteiger partial charge in [0.1, 0.15) is 0 Å². The third kappa shape index (κ3) is 2.31. The van der Waals surface area contributed by atoms with Gasteiger partial charge in [0.15, 0.2) is 0 Å². The predicted octanol–water partition coefficient (Wildman–Crippen LogP) is 2.07. The third-order valence-corrected chi connectivity index (χ3v) is 6.18. The van der Waals surface area contributed by atoms with E-state index in [0.717, 1.165) is 30.8 Å². The molecule has 2 N–H and O–H groups in total. The van der Waals surface area contributed by atoms with Gasteiger partial charge in [-0.1, -0.05) is 0 Å². The summed E-state index contributed by atoms with van der Waals surface area (Å²) in [6, 6.07) is 0.516. The zero-order chi connectivity index (χ0) is 12.9. The number of amides is 1. The number of rotatable bonds is 2. The summed E-state index contributed by atoms with van der Waals surface area (Å²) in [7, 11) is 0. The van der Waals surface area contributed by atoms with E-state index in [1.165, 1.54) is 44.9 Å². The molecule has 5 aliphatic rings. The van der Waals surface area contributed by atoms with Crippen LogP contribution in [0.3, 0.4) is 0 Å². The molecule has 5 rings (SSSR count). The lowest BCUT2D eigenvalue weighted by Gasteiger charge is -2.57. The summed E-state index contributed by atoms with van der Waals surface area (Å²) in [4.78, 5) is 11.4. The number of nitrogens with one attached hydrogen (secondary N) is 2. The second-order valence-corrected chi connectivity index (χ2v) is 7.83. The SMILES string of the molecule is O=C1CCNC(CC23CC4CC(CC(C4)C2)C3)CN1. The van der Waals surface area contributed by atoms with Gasteiger partial charge in [-0.05, 0) is 68.1 Å². The van der Waals surface area contributed by atoms with Gasteiger partial charge in [0.25, 0.3) is 0 Å². The molecular formula is C16H26N2O. The Morgan fingerprint density at radius 2 is 1.68 bits per heavy atom. The van der Waals surface area contributed by atoms with Gasteiger partial charge in [0.05, 0.1) is 0 Å². The van der Waals surface area contributed by atoms with Crippen molar-refractivity contribution in [2.24, 2.45) is 23.2 Å². The molecule has 5 fully saturated rings. The average Bonchev–Trinajstić information content (AvgIpc) is 2.52. The van der Waals surface area contributed by atoms with Crippen LogP contribution in [-0.2, 0) is 4.79 Å². The molecule has 1 atom stereocenters. The molecule has 19 heavy (non-hydrogen) atoms. The van der Waals surface area contributed by atoms with Gasteiger partial charge in [-0.2, -0.15) is 0 Å². The van der Waals surface area contributed by atoms with Gasteiger partial charge < -0.3 is 10.6 Å². The van der Waals surface area contributed by atoms with Crippen LogP contribution < -0.4 is 10.6 Å². The monoisotopic (exact) mass is 262 g/mol. The Hall–Kier alpha value is -0.570. The summed E-state index contributed by atoms with van der Waals surface area (Å²) in [5.41, 5.74) is 0.626. The van der Waals surface area contributed by atoms with Crippen LogP contribution in [0.5, 0.6) is 0 Å². The van der Waals surface area contributed by atoms with E-state index >= 15 is 0 Å². The van der Waals surface area contributed by atoms with E-state index in [1.54, 1.807) is 0 Å². The minimum absolute atomic E-state index is 0.223. The maximum Gasteiger partial charge on any atom is 0.221 e. The lowest BCUT2D eigenvalue weighted by molar-refractivity contribution is -0.120. The Bertz CT molecular complexity index is 344. The maximum absolute atomic E-state index is 11.4. The van der Waals surface area contributed by atoms with Gasteiger partial charge in [-0.25, -0.2) is 0 Å². The second kappa shape index (κ2) is 4.47. The van der Waals surface area contributed by atoms with Crippen molar-refractivity contribution in [2.45, 2.75) is 57.4 Å². The van der Waals surface area contributed by atoms with E-state index in [2.05, 4.69) is 10.6 Å². The summed E-state index contributed by atoms with van der Waals surface area (Å²) in [5, 5.41) is 6.68. The van der Waals surface area contributed by atoms with E-state index in [9.17, 15) is 4.79 Å². The molecular weight excluding hydrogens is 236 g/mol. The van der Waals surface area contributed by atoms with Gasteiger partial charge in [0.2, 0.25) is 5.91 Å². The van der Waals surface area contributed by atoms with E-state index < -0.39 is 0 Å². The van der Waals surface area contributed by atoms with Crippen molar-refractivity contribution in [1.82, 2.24) is 10.6 Å². The topological polar surface area (TPSA) is 41.1 Å². The molecule has 1 amide bonds. The first-order valence-corrected chi connectivity index (χ1v) is 8.21. The maximum atomic E-state index is 11.4. The largest absolute Gasteiger partial charge is 0.354 e. The number of carbonyl (C=O) groups excluding carboxylic acids is 1. The standard InChI is InChI=1S/C16H26N2O/c19-15-1-2-17-14(10-18-15)9-16-6-11-3-12(7-16)5-13(4-11)8-16/h11-14,17H,1-10H2,(H,18,19).